The first-order valence-corrected chi connectivity index (χ1v) is 11.8. The summed E-state index contributed by atoms with van der Waals surface area (Å²) in [5.74, 6) is -1.75. The molecule has 0 atom stereocenters. The number of amides is 1. The van der Waals surface area contributed by atoms with Gasteiger partial charge in [-0.3, -0.25) is 9.79 Å². The monoisotopic (exact) mass is 476 g/mol. The number of likely N-dealkylation sites (tertiary alicyclic amines) is 1. The van der Waals surface area contributed by atoms with Crippen LogP contribution in [0.25, 0.3) is 0 Å². The summed E-state index contributed by atoms with van der Waals surface area (Å²) in [4.78, 5) is 24.7. The van der Waals surface area contributed by atoms with E-state index >= 15 is 0 Å². The van der Waals surface area contributed by atoms with Crippen molar-refractivity contribution >= 4 is 45.7 Å². The van der Waals surface area contributed by atoms with Crippen molar-refractivity contribution in [3.05, 3.63) is 64.7 Å². The van der Waals surface area contributed by atoms with Gasteiger partial charge in [-0.2, -0.15) is 0 Å². The van der Waals surface area contributed by atoms with Crippen molar-refractivity contribution in [3.63, 3.8) is 0 Å². The molecule has 1 N–H and O–H groups in total. The van der Waals surface area contributed by atoms with Crippen LogP contribution in [0.2, 0.25) is 5.02 Å². The molecule has 0 unspecified atom stereocenters. The largest absolute Gasteiger partial charge is 0.323 e. The fourth-order valence-corrected chi connectivity index (χ4v) is 4.78. The topological polar surface area (TPSA) is 57.1 Å². The van der Waals surface area contributed by atoms with Crippen molar-refractivity contribution in [2.45, 2.75) is 25.4 Å². The van der Waals surface area contributed by atoms with E-state index in [0.29, 0.717) is 10.1 Å². The first kappa shape index (κ1) is 22.9. The van der Waals surface area contributed by atoms with Gasteiger partial charge in [-0.25, -0.2) is 13.8 Å². The van der Waals surface area contributed by atoms with E-state index in [1.54, 1.807) is 12.1 Å². The molecule has 168 valence electrons. The second kappa shape index (κ2) is 9.68. The van der Waals surface area contributed by atoms with Gasteiger partial charge < -0.3 is 10.2 Å². The zero-order valence-electron chi connectivity index (χ0n) is 17.6. The number of piperidine rings is 1. The third-order valence-electron chi connectivity index (χ3n) is 5.60. The van der Waals surface area contributed by atoms with Crippen molar-refractivity contribution in [1.82, 2.24) is 4.90 Å². The molecule has 32 heavy (non-hydrogen) atoms. The number of carbonyl (C=O) groups excluding carboxylic acids is 1. The third kappa shape index (κ3) is 5.19. The van der Waals surface area contributed by atoms with E-state index in [2.05, 4.69) is 17.1 Å². The van der Waals surface area contributed by atoms with Gasteiger partial charge in [0.15, 0.2) is 5.66 Å². The summed E-state index contributed by atoms with van der Waals surface area (Å²) in [6.07, 6.45) is 1.62. The van der Waals surface area contributed by atoms with Crippen LogP contribution in [-0.4, -0.2) is 52.6 Å². The molecule has 1 amide bonds. The molecule has 4 rings (SSSR count). The molecule has 2 heterocycles. The van der Waals surface area contributed by atoms with Crippen LogP contribution in [-0.2, 0) is 4.79 Å². The number of benzene rings is 2. The molecule has 0 radical (unpaired) electrons. The summed E-state index contributed by atoms with van der Waals surface area (Å²) in [6, 6.07) is 10.3. The van der Waals surface area contributed by atoms with Crippen LogP contribution in [0, 0.1) is 11.6 Å². The summed E-state index contributed by atoms with van der Waals surface area (Å²) in [5.41, 5.74) is 0.918. The van der Waals surface area contributed by atoms with Crippen molar-refractivity contribution in [2.75, 3.05) is 30.7 Å². The van der Waals surface area contributed by atoms with Crippen molar-refractivity contribution < 1.29 is 13.6 Å². The predicted molar refractivity (Wildman–Crippen MR) is 127 cm³/mol. The Morgan fingerprint density at radius 1 is 1.16 bits per heavy atom. The van der Waals surface area contributed by atoms with Crippen LogP contribution in [0.4, 0.5) is 14.5 Å². The van der Waals surface area contributed by atoms with Crippen LogP contribution in [0.15, 0.2) is 52.4 Å². The van der Waals surface area contributed by atoms with Crippen LogP contribution >= 0.6 is 23.4 Å². The van der Waals surface area contributed by atoms with Crippen molar-refractivity contribution in [2.24, 2.45) is 9.98 Å². The molecule has 1 spiro atoms. The molecule has 0 bridgehead atoms. The van der Waals surface area contributed by atoms with Gasteiger partial charge in [-0.05, 0) is 30.8 Å². The van der Waals surface area contributed by atoms with E-state index in [0.717, 1.165) is 62.0 Å². The Bertz CT molecular complexity index is 1070. The number of nitrogens with zero attached hydrogens (tertiary/aromatic N) is 3. The van der Waals surface area contributed by atoms with Gasteiger partial charge in [0, 0.05) is 42.6 Å². The SMILES string of the molecule is CCN1CCC2(CC1)N=C(SCC(=O)Nc1cc(F)ccc1F)C(c1ccc(Cl)cc1)=N2. The highest BCUT2D eigenvalue weighted by Gasteiger charge is 2.39. The lowest BCUT2D eigenvalue weighted by molar-refractivity contribution is -0.113. The molecule has 5 nitrogen and oxygen atoms in total. The molecule has 0 saturated carbocycles. The Balaban J connectivity index is 1.51. The fourth-order valence-electron chi connectivity index (χ4n) is 3.78. The first-order chi connectivity index (χ1) is 15.4. The number of rotatable bonds is 5. The number of aliphatic imine (C=N–C) groups is 2. The smallest absolute Gasteiger partial charge is 0.234 e. The molecule has 2 aliphatic rings. The molecule has 0 aliphatic carbocycles. The Labute approximate surface area is 195 Å². The Hall–Kier alpha value is -2.29. The highest BCUT2D eigenvalue weighted by molar-refractivity contribution is 8.16. The maximum atomic E-state index is 13.8. The summed E-state index contributed by atoms with van der Waals surface area (Å²) < 4.78 is 27.2. The van der Waals surface area contributed by atoms with E-state index in [-0.39, 0.29) is 11.4 Å². The minimum Gasteiger partial charge on any atom is -0.323 e. The minimum atomic E-state index is -0.687. The number of anilines is 1. The van der Waals surface area contributed by atoms with Gasteiger partial charge in [0.2, 0.25) is 5.91 Å². The lowest BCUT2D eigenvalue weighted by atomic mass is 9.98. The molecule has 2 aromatic carbocycles. The Kier molecular flexibility index (Phi) is 6.93. The summed E-state index contributed by atoms with van der Waals surface area (Å²) in [6.45, 7) is 4.95. The number of carbonyl (C=O) groups is 1. The molecular formula is C23H23ClF2N4OS. The zero-order valence-corrected chi connectivity index (χ0v) is 19.1. The number of halogens is 3. The van der Waals surface area contributed by atoms with E-state index in [9.17, 15) is 13.6 Å². The average Bonchev–Trinajstić information content (AvgIpc) is 3.14. The molecule has 2 aliphatic heterocycles. The molecular weight excluding hydrogens is 454 g/mol. The highest BCUT2D eigenvalue weighted by atomic mass is 35.5. The highest BCUT2D eigenvalue weighted by Crippen LogP contribution is 2.35. The lowest BCUT2D eigenvalue weighted by Crippen LogP contribution is -2.41. The molecule has 9 heteroatoms. The summed E-state index contributed by atoms with van der Waals surface area (Å²) >= 11 is 7.29. The van der Waals surface area contributed by atoms with Crippen molar-refractivity contribution in [1.29, 1.82) is 0 Å². The average molecular weight is 477 g/mol. The second-order valence-electron chi connectivity index (χ2n) is 7.76. The minimum absolute atomic E-state index is 0.00143. The van der Waals surface area contributed by atoms with Gasteiger partial charge >= 0.3 is 0 Å². The maximum absolute atomic E-state index is 13.8. The summed E-state index contributed by atoms with van der Waals surface area (Å²) in [5, 5.41) is 3.73. The van der Waals surface area contributed by atoms with E-state index in [1.807, 2.05) is 12.1 Å². The van der Waals surface area contributed by atoms with E-state index < -0.39 is 23.2 Å². The molecule has 1 saturated heterocycles. The first-order valence-electron chi connectivity index (χ1n) is 10.4. The zero-order chi connectivity index (χ0) is 22.7. The van der Waals surface area contributed by atoms with E-state index in [4.69, 9.17) is 21.6 Å². The molecule has 1 fully saturated rings. The second-order valence-corrected chi connectivity index (χ2v) is 9.16. The number of hydrogen-bond donors (Lipinski definition) is 1. The standard InChI is InChI=1S/C23H23ClF2N4OS/c1-2-30-11-9-23(10-12-30)28-21(15-3-5-16(24)6-4-15)22(29-23)32-14-20(31)27-19-13-17(25)7-8-18(19)26/h3-8,13H,2,9-12,14H2,1H3,(H,27,31). The predicted octanol–water partition coefficient (Wildman–Crippen LogP) is 5.00. The maximum Gasteiger partial charge on any atom is 0.234 e. The van der Waals surface area contributed by atoms with Crippen molar-refractivity contribution in [3.8, 4) is 0 Å². The Morgan fingerprint density at radius 2 is 1.88 bits per heavy atom. The number of nitrogens with one attached hydrogen (secondary N) is 1. The molecule has 2 aromatic rings. The van der Waals surface area contributed by atoms with Gasteiger partial charge in [-0.15, -0.1) is 0 Å². The summed E-state index contributed by atoms with van der Waals surface area (Å²) in [7, 11) is 0. The van der Waals surface area contributed by atoms with Gasteiger partial charge in [0.25, 0.3) is 0 Å². The van der Waals surface area contributed by atoms with Gasteiger partial charge in [0.1, 0.15) is 16.7 Å². The van der Waals surface area contributed by atoms with Gasteiger partial charge in [0.05, 0.1) is 17.2 Å². The van der Waals surface area contributed by atoms with Gasteiger partial charge in [-0.1, -0.05) is 42.4 Å². The van der Waals surface area contributed by atoms with E-state index in [1.165, 1.54) is 11.8 Å². The fraction of sp³-hybridized carbons (Fsp3) is 0.348. The normalized spacial score (nSPS) is 17.9. The van der Waals surface area contributed by atoms with Crippen LogP contribution in [0.3, 0.4) is 0 Å². The lowest BCUT2D eigenvalue weighted by Gasteiger charge is -2.34. The number of hydrogen-bond acceptors (Lipinski definition) is 5. The van der Waals surface area contributed by atoms with Crippen LogP contribution in [0.5, 0.6) is 0 Å². The molecule has 0 aromatic heterocycles. The number of thioether (sulfide) groups is 1. The van der Waals surface area contributed by atoms with Crippen LogP contribution < -0.4 is 5.32 Å². The van der Waals surface area contributed by atoms with Crippen LogP contribution in [0.1, 0.15) is 25.3 Å². The quantitative estimate of drug-likeness (QED) is 0.660. The third-order valence-corrected chi connectivity index (χ3v) is 6.81. The Morgan fingerprint density at radius 3 is 2.56 bits per heavy atom.